The van der Waals surface area contributed by atoms with Crippen molar-refractivity contribution in [1.29, 1.82) is 0 Å². The Hall–Kier alpha value is -2.07. The summed E-state index contributed by atoms with van der Waals surface area (Å²) in [5.74, 6) is 0.000651. The minimum absolute atomic E-state index is 0.000651. The molecule has 2 heterocycles. The van der Waals surface area contributed by atoms with Gasteiger partial charge in [0.25, 0.3) is 5.91 Å². The van der Waals surface area contributed by atoms with E-state index in [2.05, 4.69) is 22.9 Å². The molecule has 0 aliphatic carbocycles. The first-order valence-corrected chi connectivity index (χ1v) is 6.07. The summed E-state index contributed by atoms with van der Waals surface area (Å²) in [7, 11) is 0. The van der Waals surface area contributed by atoms with Gasteiger partial charge in [-0.05, 0) is 29.7 Å². The second-order valence-electron chi connectivity index (χ2n) is 4.47. The zero-order valence-corrected chi connectivity index (χ0v) is 9.97. The van der Waals surface area contributed by atoms with Crippen LogP contribution in [0, 0.1) is 0 Å². The van der Waals surface area contributed by atoms with E-state index in [9.17, 15) is 4.79 Å². The molecule has 18 heavy (non-hydrogen) atoms. The van der Waals surface area contributed by atoms with E-state index in [4.69, 9.17) is 0 Å². The van der Waals surface area contributed by atoms with Gasteiger partial charge in [-0.15, -0.1) is 0 Å². The Morgan fingerprint density at radius 1 is 1.17 bits per heavy atom. The highest BCUT2D eigenvalue weighted by atomic mass is 16.2. The van der Waals surface area contributed by atoms with Gasteiger partial charge in [-0.3, -0.25) is 14.9 Å². The summed E-state index contributed by atoms with van der Waals surface area (Å²) >= 11 is 0. The van der Waals surface area contributed by atoms with Gasteiger partial charge >= 0.3 is 0 Å². The maximum absolute atomic E-state index is 12.1. The Bertz CT molecular complexity index is 548. The largest absolute Gasteiger partial charge is 0.301 e. The summed E-state index contributed by atoms with van der Waals surface area (Å²) in [6, 6.07) is 11.8. The number of hydrogen-bond donors (Lipinski definition) is 2. The van der Waals surface area contributed by atoms with Crippen LogP contribution in [0.25, 0.3) is 0 Å². The SMILES string of the molecule is O=C(Nn1cccc1)C1Cc2ccccc2CN1. The quantitative estimate of drug-likeness (QED) is 0.831. The number of benzene rings is 1. The van der Waals surface area contributed by atoms with Gasteiger partial charge in [0.15, 0.2) is 0 Å². The summed E-state index contributed by atoms with van der Waals surface area (Å²) in [6.45, 7) is 0.750. The van der Waals surface area contributed by atoms with Crippen LogP contribution in [0.15, 0.2) is 48.8 Å². The van der Waals surface area contributed by atoms with Crippen molar-refractivity contribution >= 4 is 5.91 Å². The first-order chi connectivity index (χ1) is 8.83. The highest BCUT2D eigenvalue weighted by molar-refractivity contribution is 5.89. The lowest BCUT2D eigenvalue weighted by molar-refractivity contribution is -0.119. The van der Waals surface area contributed by atoms with Crippen molar-refractivity contribution in [1.82, 2.24) is 9.99 Å². The Balaban J connectivity index is 1.70. The van der Waals surface area contributed by atoms with Crippen LogP contribution in [-0.2, 0) is 17.8 Å². The van der Waals surface area contributed by atoms with Gasteiger partial charge in [0.2, 0.25) is 0 Å². The number of carbonyl (C=O) groups excluding carboxylic acids is 1. The van der Waals surface area contributed by atoms with E-state index < -0.39 is 0 Å². The van der Waals surface area contributed by atoms with Crippen LogP contribution < -0.4 is 10.7 Å². The molecule has 4 nitrogen and oxygen atoms in total. The fraction of sp³-hybridized carbons (Fsp3) is 0.214. The Morgan fingerprint density at radius 2 is 1.89 bits per heavy atom. The standard InChI is InChI=1S/C14H15N3O/c18-14(16-17-7-3-4-8-17)13-9-11-5-1-2-6-12(11)10-15-13/h1-8,13,15H,9-10H2,(H,16,18). The average molecular weight is 241 g/mol. The van der Waals surface area contributed by atoms with Crippen molar-refractivity contribution in [3.8, 4) is 0 Å². The molecular weight excluding hydrogens is 226 g/mol. The Kier molecular flexibility index (Phi) is 2.86. The predicted molar refractivity (Wildman–Crippen MR) is 69.6 cm³/mol. The minimum Gasteiger partial charge on any atom is -0.301 e. The van der Waals surface area contributed by atoms with Crippen molar-refractivity contribution in [3.05, 3.63) is 59.9 Å². The predicted octanol–water partition coefficient (Wildman–Crippen LogP) is 1.27. The molecule has 1 aromatic heterocycles. The molecule has 1 atom stereocenters. The van der Waals surface area contributed by atoms with Gasteiger partial charge in [-0.2, -0.15) is 0 Å². The summed E-state index contributed by atoms with van der Waals surface area (Å²) in [5, 5.41) is 3.26. The molecule has 4 heteroatoms. The topological polar surface area (TPSA) is 46.1 Å². The van der Waals surface area contributed by atoms with Crippen molar-refractivity contribution < 1.29 is 4.79 Å². The number of aromatic nitrogens is 1. The lowest BCUT2D eigenvalue weighted by Gasteiger charge is -2.25. The Labute approximate surface area is 106 Å². The lowest BCUT2D eigenvalue weighted by atomic mass is 9.96. The van der Waals surface area contributed by atoms with E-state index in [1.54, 1.807) is 4.68 Å². The summed E-state index contributed by atoms with van der Waals surface area (Å²) in [6.07, 6.45) is 4.37. The number of nitrogens with one attached hydrogen (secondary N) is 2. The summed E-state index contributed by atoms with van der Waals surface area (Å²) < 4.78 is 1.67. The molecule has 0 saturated heterocycles. The zero-order valence-electron chi connectivity index (χ0n) is 9.97. The van der Waals surface area contributed by atoms with Crippen molar-refractivity contribution in [2.24, 2.45) is 0 Å². The van der Waals surface area contributed by atoms with Crippen molar-refractivity contribution in [3.63, 3.8) is 0 Å². The molecule has 2 aromatic rings. The molecule has 0 radical (unpaired) electrons. The first kappa shape index (κ1) is 11.0. The Morgan fingerprint density at radius 3 is 2.67 bits per heavy atom. The maximum Gasteiger partial charge on any atom is 0.256 e. The molecule has 1 aliphatic rings. The van der Waals surface area contributed by atoms with E-state index in [0.29, 0.717) is 0 Å². The van der Waals surface area contributed by atoms with Gasteiger partial charge in [-0.25, -0.2) is 0 Å². The fourth-order valence-electron chi connectivity index (χ4n) is 2.25. The number of nitrogens with zero attached hydrogens (tertiary/aromatic N) is 1. The van der Waals surface area contributed by atoms with Crippen molar-refractivity contribution in [2.45, 2.75) is 19.0 Å². The van der Waals surface area contributed by atoms with Crippen LogP contribution in [0.4, 0.5) is 0 Å². The molecule has 0 bridgehead atoms. The van der Waals surface area contributed by atoms with Crippen LogP contribution in [0.1, 0.15) is 11.1 Å². The van der Waals surface area contributed by atoms with Crippen LogP contribution in [0.5, 0.6) is 0 Å². The van der Waals surface area contributed by atoms with Crippen LogP contribution >= 0.6 is 0 Å². The minimum atomic E-state index is -0.165. The van der Waals surface area contributed by atoms with E-state index >= 15 is 0 Å². The third-order valence-electron chi connectivity index (χ3n) is 3.24. The van der Waals surface area contributed by atoms with Gasteiger partial charge in [0.1, 0.15) is 0 Å². The average Bonchev–Trinajstić information content (AvgIpc) is 2.91. The normalized spacial score (nSPS) is 18.1. The highest BCUT2D eigenvalue weighted by Gasteiger charge is 2.23. The monoisotopic (exact) mass is 241 g/mol. The molecule has 0 saturated carbocycles. The maximum atomic E-state index is 12.1. The van der Waals surface area contributed by atoms with Crippen LogP contribution in [0.2, 0.25) is 0 Å². The highest BCUT2D eigenvalue weighted by Crippen LogP contribution is 2.16. The number of rotatable bonds is 2. The smallest absolute Gasteiger partial charge is 0.256 e. The molecule has 1 aromatic carbocycles. The molecule has 0 fully saturated rings. The molecular formula is C14H15N3O. The fourth-order valence-corrected chi connectivity index (χ4v) is 2.25. The summed E-state index contributed by atoms with van der Waals surface area (Å²) in [4.78, 5) is 12.1. The molecule has 3 rings (SSSR count). The lowest BCUT2D eigenvalue weighted by Crippen LogP contribution is -2.46. The summed E-state index contributed by atoms with van der Waals surface area (Å²) in [5.41, 5.74) is 5.37. The van der Waals surface area contributed by atoms with E-state index in [1.807, 2.05) is 36.7 Å². The second kappa shape index (κ2) is 4.66. The van der Waals surface area contributed by atoms with Gasteiger partial charge in [-0.1, -0.05) is 24.3 Å². The molecule has 1 amide bonds. The van der Waals surface area contributed by atoms with E-state index in [1.165, 1.54) is 11.1 Å². The molecule has 1 unspecified atom stereocenters. The number of hydrogen-bond acceptors (Lipinski definition) is 2. The molecule has 2 N–H and O–H groups in total. The molecule has 92 valence electrons. The second-order valence-corrected chi connectivity index (χ2v) is 4.47. The number of carbonyl (C=O) groups is 1. The van der Waals surface area contributed by atoms with Gasteiger partial charge in [0.05, 0.1) is 6.04 Å². The van der Waals surface area contributed by atoms with Crippen LogP contribution in [-0.4, -0.2) is 16.6 Å². The van der Waals surface area contributed by atoms with Gasteiger partial charge in [0, 0.05) is 18.9 Å². The molecule has 0 spiro atoms. The zero-order chi connectivity index (χ0) is 12.4. The van der Waals surface area contributed by atoms with E-state index in [-0.39, 0.29) is 11.9 Å². The molecule has 1 aliphatic heterocycles. The third kappa shape index (κ3) is 2.15. The third-order valence-corrected chi connectivity index (χ3v) is 3.24. The first-order valence-electron chi connectivity index (χ1n) is 6.07. The van der Waals surface area contributed by atoms with E-state index in [0.717, 1.165) is 13.0 Å². The van der Waals surface area contributed by atoms with Crippen molar-refractivity contribution in [2.75, 3.05) is 5.43 Å². The van der Waals surface area contributed by atoms with Crippen LogP contribution in [0.3, 0.4) is 0 Å². The number of amides is 1. The van der Waals surface area contributed by atoms with Gasteiger partial charge < -0.3 is 5.32 Å². The number of fused-ring (bicyclic) bond motifs is 1.